The number of aromatic nitrogens is 2. The third-order valence-corrected chi connectivity index (χ3v) is 4.32. The second-order valence-corrected chi connectivity index (χ2v) is 5.93. The number of carboxylic acids is 1. The monoisotopic (exact) mass is 301 g/mol. The highest BCUT2D eigenvalue weighted by Gasteiger charge is 2.32. The number of piperidine rings is 1. The molecule has 1 N–H and O–H groups in total. The molecule has 116 valence electrons. The van der Waals surface area contributed by atoms with Gasteiger partial charge in [0.05, 0.1) is 18.0 Å². The lowest BCUT2D eigenvalue weighted by Gasteiger charge is -2.34. The zero-order valence-corrected chi connectivity index (χ0v) is 12.5. The number of rotatable bonds is 3. The lowest BCUT2D eigenvalue weighted by atomic mass is 9.87. The van der Waals surface area contributed by atoms with Crippen LogP contribution in [-0.4, -0.2) is 44.4 Å². The van der Waals surface area contributed by atoms with Gasteiger partial charge < -0.3 is 14.4 Å². The SMILES string of the molecule is CC1CN(C(=O)Cc2cn3ccccc3n2)CCC1C(=O)O. The molecule has 2 aromatic rings. The molecule has 1 saturated heterocycles. The molecule has 0 spiro atoms. The van der Waals surface area contributed by atoms with Crippen LogP contribution >= 0.6 is 0 Å². The first-order chi connectivity index (χ1) is 10.5. The van der Waals surface area contributed by atoms with E-state index in [1.165, 1.54) is 0 Å². The van der Waals surface area contributed by atoms with Crippen LogP contribution in [0, 0.1) is 11.8 Å². The molecule has 6 nitrogen and oxygen atoms in total. The van der Waals surface area contributed by atoms with Crippen LogP contribution in [0.1, 0.15) is 19.0 Å². The first-order valence-corrected chi connectivity index (χ1v) is 7.48. The van der Waals surface area contributed by atoms with Crippen molar-refractivity contribution in [3.63, 3.8) is 0 Å². The Hall–Kier alpha value is -2.37. The largest absolute Gasteiger partial charge is 0.481 e. The Morgan fingerprint density at radius 1 is 1.41 bits per heavy atom. The molecule has 1 aliphatic rings. The van der Waals surface area contributed by atoms with Crippen LogP contribution in [0.5, 0.6) is 0 Å². The van der Waals surface area contributed by atoms with Crippen molar-refractivity contribution in [1.29, 1.82) is 0 Å². The number of amides is 1. The summed E-state index contributed by atoms with van der Waals surface area (Å²) in [6, 6.07) is 5.72. The predicted molar refractivity (Wildman–Crippen MR) is 80.4 cm³/mol. The van der Waals surface area contributed by atoms with Crippen LogP contribution in [0.3, 0.4) is 0 Å². The average Bonchev–Trinajstić information content (AvgIpc) is 2.88. The van der Waals surface area contributed by atoms with E-state index in [1.807, 2.05) is 41.9 Å². The molecule has 0 radical (unpaired) electrons. The van der Waals surface area contributed by atoms with Crippen LogP contribution in [0.15, 0.2) is 30.6 Å². The fraction of sp³-hybridized carbons (Fsp3) is 0.438. The molecular formula is C16H19N3O3. The second kappa shape index (κ2) is 5.79. The van der Waals surface area contributed by atoms with E-state index < -0.39 is 5.97 Å². The molecule has 22 heavy (non-hydrogen) atoms. The van der Waals surface area contributed by atoms with Crippen LogP contribution < -0.4 is 0 Å². The highest BCUT2D eigenvalue weighted by molar-refractivity contribution is 5.79. The summed E-state index contributed by atoms with van der Waals surface area (Å²) in [5, 5.41) is 9.13. The maximum absolute atomic E-state index is 12.4. The van der Waals surface area contributed by atoms with Gasteiger partial charge >= 0.3 is 5.97 Å². The van der Waals surface area contributed by atoms with E-state index in [0.717, 1.165) is 11.3 Å². The van der Waals surface area contributed by atoms with Crippen molar-refractivity contribution in [1.82, 2.24) is 14.3 Å². The fourth-order valence-electron chi connectivity index (χ4n) is 3.08. The van der Waals surface area contributed by atoms with Crippen LogP contribution in [0.25, 0.3) is 5.65 Å². The number of hydrogen-bond donors (Lipinski definition) is 1. The first-order valence-electron chi connectivity index (χ1n) is 7.48. The van der Waals surface area contributed by atoms with Crippen molar-refractivity contribution in [3.8, 4) is 0 Å². The number of pyridine rings is 1. The van der Waals surface area contributed by atoms with E-state index in [1.54, 1.807) is 4.90 Å². The topological polar surface area (TPSA) is 74.9 Å². The Kier molecular flexibility index (Phi) is 3.83. The van der Waals surface area contributed by atoms with Gasteiger partial charge in [-0.3, -0.25) is 9.59 Å². The minimum Gasteiger partial charge on any atom is -0.481 e. The lowest BCUT2D eigenvalue weighted by molar-refractivity contribution is -0.148. The van der Waals surface area contributed by atoms with Crippen molar-refractivity contribution in [2.75, 3.05) is 13.1 Å². The van der Waals surface area contributed by atoms with E-state index in [9.17, 15) is 9.59 Å². The summed E-state index contributed by atoms with van der Waals surface area (Å²) in [6.07, 6.45) is 4.54. The number of aliphatic carboxylic acids is 1. The quantitative estimate of drug-likeness (QED) is 0.931. The Morgan fingerprint density at radius 3 is 2.91 bits per heavy atom. The van der Waals surface area contributed by atoms with Crippen molar-refractivity contribution in [2.45, 2.75) is 19.8 Å². The van der Waals surface area contributed by atoms with E-state index in [-0.39, 0.29) is 24.2 Å². The molecule has 3 rings (SSSR count). The average molecular weight is 301 g/mol. The van der Waals surface area contributed by atoms with Crippen molar-refractivity contribution in [2.24, 2.45) is 11.8 Å². The summed E-state index contributed by atoms with van der Waals surface area (Å²) in [5.41, 5.74) is 1.56. The molecule has 0 saturated carbocycles. The molecule has 2 aromatic heterocycles. The van der Waals surface area contributed by atoms with Crippen LogP contribution in [0.4, 0.5) is 0 Å². The molecule has 0 aliphatic carbocycles. The van der Waals surface area contributed by atoms with Gasteiger partial charge in [0.1, 0.15) is 5.65 Å². The number of carboxylic acid groups (broad SMARTS) is 1. The van der Waals surface area contributed by atoms with Crippen LogP contribution in [0.2, 0.25) is 0 Å². The Bertz CT molecular complexity index is 676. The summed E-state index contributed by atoms with van der Waals surface area (Å²) in [5.74, 6) is -1.12. The number of carbonyl (C=O) groups excluding carboxylic acids is 1. The molecule has 1 aliphatic heterocycles. The van der Waals surface area contributed by atoms with Gasteiger partial charge in [-0.05, 0) is 24.5 Å². The second-order valence-electron chi connectivity index (χ2n) is 5.93. The standard InChI is InChI=1S/C16H19N3O3/c1-11-9-19(7-5-13(11)16(21)22)15(20)8-12-10-18-6-3-2-4-14(18)17-12/h2-4,6,10-11,13H,5,7-9H2,1H3,(H,21,22). The van der Waals surface area contributed by atoms with Gasteiger partial charge in [-0.1, -0.05) is 13.0 Å². The molecule has 6 heteroatoms. The van der Waals surface area contributed by atoms with Gasteiger partial charge in [-0.15, -0.1) is 0 Å². The molecule has 2 unspecified atom stereocenters. The lowest BCUT2D eigenvalue weighted by Crippen LogP contribution is -2.45. The minimum absolute atomic E-state index is 0.0131. The smallest absolute Gasteiger partial charge is 0.306 e. The van der Waals surface area contributed by atoms with Gasteiger partial charge in [0.25, 0.3) is 0 Å². The molecule has 0 aromatic carbocycles. The number of nitrogens with zero attached hydrogens (tertiary/aromatic N) is 3. The fourth-order valence-corrected chi connectivity index (χ4v) is 3.08. The Balaban J connectivity index is 1.66. The van der Waals surface area contributed by atoms with Crippen LogP contribution in [-0.2, 0) is 16.0 Å². The zero-order chi connectivity index (χ0) is 15.7. The summed E-state index contributed by atoms with van der Waals surface area (Å²) in [4.78, 5) is 29.7. The maximum Gasteiger partial charge on any atom is 0.306 e. The Morgan fingerprint density at radius 2 is 2.23 bits per heavy atom. The number of imidazole rings is 1. The summed E-state index contributed by atoms with van der Waals surface area (Å²) in [7, 11) is 0. The first kappa shape index (κ1) is 14.6. The zero-order valence-electron chi connectivity index (χ0n) is 12.5. The third-order valence-electron chi connectivity index (χ3n) is 4.32. The maximum atomic E-state index is 12.4. The summed E-state index contributed by atoms with van der Waals surface area (Å²) >= 11 is 0. The van der Waals surface area contributed by atoms with E-state index in [2.05, 4.69) is 4.98 Å². The van der Waals surface area contributed by atoms with Gasteiger partial charge in [0.2, 0.25) is 5.91 Å². The predicted octanol–water partition coefficient (Wildman–Crippen LogP) is 1.45. The van der Waals surface area contributed by atoms with E-state index in [0.29, 0.717) is 19.5 Å². The summed E-state index contributed by atoms with van der Waals surface area (Å²) < 4.78 is 1.89. The molecule has 1 amide bonds. The molecule has 3 heterocycles. The number of carbonyl (C=O) groups is 2. The molecule has 1 fully saturated rings. The number of likely N-dealkylation sites (tertiary alicyclic amines) is 1. The normalized spacial score (nSPS) is 22.0. The summed E-state index contributed by atoms with van der Waals surface area (Å²) in [6.45, 7) is 2.90. The van der Waals surface area contributed by atoms with E-state index in [4.69, 9.17) is 5.11 Å². The number of fused-ring (bicyclic) bond motifs is 1. The van der Waals surface area contributed by atoms with Crippen molar-refractivity contribution in [3.05, 3.63) is 36.3 Å². The third kappa shape index (κ3) is 2.81. The van der Waals surface area contributed by atoms with Gasteiger partial charge in [-0.25, -0.2) is 4.98 Å². The number of hydrogen-bond acceptors (Lipinski definition) is 3. The highest BCUT2D eigenvalue weighted by atomic mass is 16.4. The van der Waals surface area contributed by atoms with Gasteiger partial charge in [0, 0.05) is 25.5 Å². The van der Waals surface area contributed by atoms with Crippen molar-refractivity contribution < 1.29 is 14.7 Å². The van der Waals surface area contributed by atoms with E-state index >= 15 is 0 Å². The Labute approximate surface area is 128 Å². The van der Waals surface area contributed by atoms with Crippen molar-refractivity contribution >= 4 is 17.5 Å². The molecular weight excluding hydrogens is 282 g/mol. The molecule has 0 bridgehead atoms. The highest BCUT2D eigenvalue weighted by Crippen LogP contribution is 2.24. The molecule has 2 atom stereocenters. The van der Waals surface area contributed by atoms with Gasteiger partial charge in [0.15, 0.2) is 0 Å². The van der Waals surface area contributed by atoms with Gasteiger partial charge in [-0.2, -0.15) is 0 Å². The minimum atomic E-state index is -0.764.